The number of likely N-dealkylation sites (tertiary alicyclic amines) is 1. The van der Waals surface area contributed by atoms with Gasteiger partial charge in [-0.1, -0.05) is 0 Å². The van der Waals surface area contributed by atoms with E-state index in [9.17, 15) is 9.59 Å². The van der Waals surface area contributed by atoms with E-state index in [4.69, 9.17) is 29.3 Å². The van der Waals surface area contributed by atoms with Crippen LogP contribution in [0.2, 0.25) is 0 Å². The van der Waals surface area contributed by atoms with Gasteiger partial charge in [0.2, 0.25) is 0 Å². The minimum atomic E-state index is -0.856. The van der Waals surface area contributed by atoms with Gasteiger partial charge in [-0.2, -0.15) is 5.10 Å². The molecule has 1 atom stereocenters. The van der Waals surface area contributed by atoms with Crippen molar-refractivity contribution in [2.75, 3.05) is 44.8 Å². The molecule has 0 saturated carbocycles. The fourth-order valence-corrected chi connectivity index (χ4v) is 7.08. The molecule has 12 heteroatoms. The third-order valence-corrected chi connectivity index (χ3v) is 9.69. The van der Waals surface area contributed by atoms with Crippen LogP contribution < -0.4 is 4.90 Å². The summed E-state index contributed by atoms with van der Waals surface area (Å²) in [7, 11) is 2.15. The Hall–Kier alpha value is -4.29. The molecule has 6 heterocycles. The highest BCUT2D eigenvalue weighted by Crippen LogP contribution is 2.40. The number of carbonyl (C=O) groups is 2. The Labute approximate surface area is 281 Å². The smallest absolute Gasteiger partial charge is 0.420 e. The van der Waals surface area contributed by atoms with E-state index < -0.39 is 17.3 Å². The fourth-order valence-electron chi connectivity index (χ4n) is 7.08. The van der Waals surface area contributed by atoms with E-state index in [0.29, 0.717) is 42.2 Å². The van der Waals surface area contributed by atoms with Crippen LogP contribution in [0.1, 0.15) is 71.9 Å². The van der Waals surface area contributed by atoms with Crippen molar-refractivity contribution in [2.45, 2.75) is 83.6 Å². The van der Waals surface area contributed by atoms with Crippen LogP contribution in [-0.4, -0.2) is 92.8 Å². The van der Waals surface area contributed by atoms with Gasteiger partial charge in [-0.25, -0.2) is 19.3 Å². The zero-order chi connectivity index (χ0) is 33.8. The lowest BCUT2D eigenvalue weighted by atomic mass is 9.89. The molecule has 3 fully saturated rings. The van der Waals surface area contributed by atoms with E-state index in [1.807, 2.05) is 43.9 Å². The van der Waals surface area contributed by atoms with E-state index >= 15 is 0 Å². The highest BCUT2D eigenvalue weighted by atomic mass is 16.6. The lowest BCUT2D eigenvalue weighted by Gasteiger charge is -2.41. The third-order valence-electron chi connectivity index (χ3n) is 9.69. The highest BCUT2D eigenvalue weighted by Gasteiger charge is 2.44. The molecule has 4 aromatic rings. The quantitative estimate of drug-likeness (QED) is 0.236. The topological polar surface area (TPSA) is 117 Å². The maximum atomic E-state index is 13.5. The number of hydrogen-bond donors (Lipinski definition) is 0. The van der Waals surface area contributed by atoms with Crippen LogP contribution in [0.5, 0.6) is 0 Å². The SMILES string of the molecule is CC(=O)OC1(c2cc(-c3cnc4c(n3)c(-c3cnn(C5CCN(C)CC5)c3)cn4C(=O)OC(C)(C)C)cc(N3CCCC3C)c2)COC1. The number of aromatic nitrogens is 5. The molecule has 3 aliphatic rings. The zero-order valence-electron chi connectivity index (χ0n) is 28.7. The molecule has 0 spiro atoms. The van der Waals surface area contributed by atoms with Gasteiger partial charge in [0.1, 0.15) is 11.1 Å². The van der Waals surface area contributed by atoms with Crippen molar-refractivity contribution in [1.82, 2.24) is 29.2 Å². The monoisotopic (exact) mass is 655 g/mol. The number of benzene rings is 1. The molecule has 12 nitrogen and oxygen atoms in total. The van der Waals surface area contributed by atoms with Crippen LogP contribution >= 0.6 is 0 Å². The predicted molar refractivity (Wildman–Crippen MR) is 182 cm³/mol. The van der Waals surface area contributed by atoms with Gasteiger partial charge >= 0.3 is 12.1 Å². The van der Waals surface area contributed by atoms with Gasteiger partial charge in [0.25, 0.3) is 0 Å². The Bertz CT molecular complexity index is 1840. The summed E-state index contributed by atoms with van der Waals surface area (Å²) >= 11 is 0. The highest BCUT2D eigenvalue weighted by molar-refractivity contribution is 5.97. The van der Waals surface area contributed by atoms with Crippen LogP contribution in [0.25, 0.3) is 33.5 Å². The van der Waals surface area contributed by atoms with Crippen molar-refractivity contribution in [2.24, 2.45) is 0 Å². The molecule has 1 aromatic carbocycles. The Kier molecular flexibility index (Phi) is 8.27. The van der Waals surface area contributed by atoms with E-state index in [1.165, 1.54) is 11.5 Å². The summed E-state index contributed by atoms with van der Waals surface area (Å²) in [5.41, 5.74) is 4.42. The molecule has 0 bridgehead atoms. The molecule has 0 aliphatic carbocycles. The number of nitrogens with zero attached hydrogens (tertiary/aromatic N) is 7. The van der Waals surface area contributed by atoms with Gasteiger partial charge in [-0.3, -0.25) is 9.48 Å². The number of piperidine rings is 1. The van der Waals surface area contributed by atoms with Crippen molar-refractivity contribution in [3.63, 3.8) is 0 Å². The van der Waals surface area contributed by atoms with Crippen LogP contribution in [0.15, 0.2) is 43.0 Å². The summed E-state index contributed by atoms with van der Waals surface area (Å²) in [4.78, 5) is 40.4. The summed E-state index contributed by atoms with van der Waals surface area (Å²) in [6.07, 6.45) is 11.1. The van der Waals surface area contributed by atoms with Crippen molar-refractivity contribution in [1.29, 1.82) is 0 Å². The Morgan fingerprint density at radius 1 is 1.00 bits per heavy atom. The molecule has 3 saturated heterocycles. The number of fused-ring (bicyclic) bond motifs is 1. The number of carbonyl (C=O) groups excluding carboxylic acids is 2. The maximum Gasteiger partial charge on any atom is 0.420 e. The average molecular weight is 656 g/mol. The second kappa shape index (κ2) is 12.3. The molecule has 1 unspecified atom stereocenters. The van der Waals surface area contributed by atoms with Crippen LogP contribution in [0, 0.1) is 0 Å². The second-order valence-electron chi connectivity index (χ2n) is 14.6. The molecule has 3 aromatic heterocycles. The van der Waals surface area contributed by atoms with Crippen molar-refractivity contribution >= 4 is 28.9 Å². The lowest BCUT2D eigenvalue weighted by molar-refractivity contribution is -0.216. The standard InChI is InChI=1S/C36H45N7O5/c1-23-8-7-11-41(23)29-15-25(14-27(16-29)36(21-46-22-36)47-24(2)44)31-18-37-33-32(39-31)30(20-42(33)34(45)48-35(3,4)5)26-17-38-43(19-26)28-9-12-40(6)13-10-28/h14-20,23,28H,7-13,21-22H2,1-6H3. The number of hydrogen-bond acceptors (Lipinski definition) is 10. The van der Waals surface area contributed by atoms with Crippen molar-refractivity contribution < 1.29 is 23.8 Å². The minimum absolute atomic E-state index is 0.292. The van der Waals surface area contributed by atoms with E-state index in [-0.39, 0.29) is 5.97 Å². The normalized spacial score (nSPS) is 20.2. The Morgan fingerprint density at radius 2 is 1.77 bits per heavy atom. The van der Waals surface area contributed by atoms with Gasteiger partial charge in [0.05, 0.1) is 37.3 Å². The molecule has 48 heavy (non-hydrogen) atoms. The predicted octanol–water partition coefficient (Wildman–Crippen LogP) is 5.79. The van der Waals surface area contributed by atoms with Crippen LogP contribution in [-0.2, 0) is 24.6 Å². The van der Waals surface area contributed by atoms with Gasteiger partial charge in [-0.05, 0) is 91.7 Å². The van der Waals surface area contributed by atoms with Gasteiger partial charge in [0, 0.05) is 59.8 Å². The minimum Gasteiger partial charge on any atom is -0.449 e. The molecular formula is C36H45N7O5. The fraction of sp³-hybridized carbons (Fsp3) is 0.528. The van der Waals surface area contributed by atoms with E-state index in [1.54, 1.807) is 12.4 Å². The molecule has 0 N–H and O–H groups in total. The molecule has 3 aliphatic heterocycles. The first-order chi connectivity index (χ1) is 22.9. The number of rotatable bonds is 6. The summed E-state index contributed by atoms with van der Waals surface area (Å²) < 4.78 is 20.7. The molecular weight excluding hydrogens is 610 g/mol. The number of ether oxygens (including phenoxy) is 3. The summed E-state index contributed by atoms with van der Waals surface area (Å²) in [5.74, 6) is -0.352. The summed E-state index contributed by atoms with van der Waals surface area (Å²) in [6.45, 7) is 12.8. The number of esters is 1. The molecule has 0 radical (unpaired) electrons. The van der Waals surface area contributed by atoms with Crippen LogP contribution in [0.3, 0.4) is 0 Å². The lowest BCUT2D eigenvalue weighted by Crippen LogP contribution is -2.50. The van der Waals surface area contributed by atoms with Gasteiger partial charge in [0.15, 0.2) is 11.2 Å². The summed E-state index contributed by atoms with van der Waals surface area (Å²) in [5, 5.41) is 4.75. The first-order valence-corrected chi connectivity index (χ1v) is 16.9. The molecule has 7 rings (SSSR count). The molecule has 254 valence electrons. The van der Waals surface area contributed by atoms with Crippen molar-refractivity contribution in [3.8, 4) is 22.4 Å². The van der Waals surface area contributed by atoms with E-state index in [0.717, 1.165) is 73.3 Å². The Morgan fingerprint density at radius 3 is 2.42 bits per heavy atom. The first-order valence-electron chi connectivity index (χ1n) is 16.9. The zero-order valence-corrected chi connectivity index (χ0v) is 28.7. The largest absolute Gasteiger partial charge is 0.449 e. The van der Waals surface area contributed by atoms with Crippen molar-refractivity contribution in [3.05, 3.63) is 48.5 Å². The number of anilines is 1. The third kappa shape index (κ3) is 6.19. The summed E-state index contributed by atoms with van der Waals surface area (Å²) in [6, 6.07) is 6.95. The Balaban J connectivity index is 1.35. The van der Waals surface area contributed by atoms with Crippen LogP contribution in [0.4, 0.5) is 10.5 Å². The molecule has 0 amide bonds. The van der Waals surface area contributed by atoms with Gasteiger partial charge in [-0.15, -0.1) is 0 Å². The van der Waals surface area contributed by atoms with E-state index in [2.05, 4.69) is 35.9 Å². The average Bonchev–Trinajstić information content (AvgIpc) is 3.76. The first kappa shape index (κ1) is 32.3. The maximum absolute atomic E-state index is 13.5. The second-order valence-corrected chi connectivity index (χ2v) is 14.6. The van der Waals surface area contributed by atoms with Gasteiger partial charge < -0.3 is 24.0 Å².